The number of amides is 2. The molecule has 0 bridgehead atoms. The fourth-order valence-electron chi connectivity index (χ4n) is 4.03. The molecule has 0 aliphatic heterocycles. The molecule has 1 heterocycles. The zero-order valence-corrected chi connectivity index (χ0v) is 21.9. The Bertz CT molecular complexity index is 1400. The molecule has 10 heteroatoms. The highest BCUT2D eigenvalue weighted by Crippen LogP contribution is 2.24. The average Bonchev–Trinajstić information content (AvgIpc) is 3.36. The van der Waals surface area contributed by atoms with E-state index in [-0.39, 0.29) is 11.8 Å². The van der Waals surface area contributed by atoms with E-state index in [2.05, 4.69) is 45.4 Å². The van der Waals surface area contributed by atoms with Crippen molar-refractivity contribution in [1.29, 1.82) is 0 Å². The zero-order chi connectivity index (χ0) is 28.0. The van der Waals surface area contributed by atoms with Gasteiger partial charge in [0.05, 0.1) is 5.69 Å². The number of halogens is 3. The minimum atomic E-state index is -4.74. The van der Waals surface area contributed by atoms with Crippen molar-refractivity contribution in [3.05, 3.63) is 89.7 Å². The van der Waals surface area contributed by atoms with Crippen LogP contribution in [0.4, 0.5) is 23.7 Å². The summed E-state index contributed by atoms with van der Waals surface area (Å²) in [7, 11) is 0. The lowest BCUT2D eigenvalue weighted by atomic mass is 10.0. The van der Waals surface area contributed by atoms with Crippen molar-refractivity contribution in [1.82, 2.24) is 20.1 Å². The number of urea groups is 1. The highest BCUT2D eigenvalue weighted by Gasteiger charge is 2.31. The first kappa shape index (κ1) is 27.7. The predicted molar refractivity (Wildman–Crippen MR) is 144 cm³/mol. The first-order valence-corrected chi connectivity index (χ1v) is 12.6. The summed E-state index contributed by atoms with van der Waals surface area (Å²) in [6, 6.07) is 19.0. The Hall–Kier alpha value is -4.34. The van der Waals surface area contributed by atoms with Gasteiger partial charge in [-0.25, -0.2) is 14.5 Å². The third kappa shape index (κ3) is 8.07. The van der Waals surface area contributed by atoms with Crippen LogP contribution >= 0.6 is 0 Å². The van der Waals surface area contributed by atoms with E-state index in [4.69, 9.17) is 0 Å². The molecular formula is C29H30F3N5O2. The molecule has 4 aromatic rings. The molecule has 0 aliphatic carbocycles. The summed E-state index contributed by atoms with van der Waals surface area (Å²) < 4.78 is 42.4. The number of nitrogens with zero attached hydrogens (tertiary/aromatic N) is 3. The van der Waals surface area contributed by atoms with Crippen molar-refractivity contribution in [3.8, 4) is 22.8 Å². The van der Waals surface area contributed by atoms with Gasteiger partial charge in [0.25, 0.3) is 0 Å². The van der Waals surface area contributed by atoms with E-state index in [9.17, 15) is 18.0 Å². The Morgan fingerprint density at radius 3 is 2.41 bits per heavy atom. The number of nitrogens with one attached hydrogen (secondary N) is 2. The van der Waals surface area contributed by atoms with Gasteiger partial charge in [0, 0.05) is 17.8 Å². The lowest BCUT2D eigenvalue weighted by Crippen LogP contribution is -2.29. The number of alkyl halides is 3. The fraction of sp³-hybridized carbons (Fsp3) is 0.276. The van der Waals surface area contributed by atoms with E-state index >= 15 is 0 Å². The smallest absolute Gasteiger partial charge is 0.406 e. The molecule has 0 aliphatic rings. The van der Waals surface area contributed by atoms with E-state index in [0.29, 0.717) is 24.0 Å². The molecule has 204 valence electrons. The van der Waals surface area contributed by atoms with Gasteiger partial charge >= 0.3 is 12.4 Å². The summed E-state index contributed by atoms with van der Waals surface area (Å²) in [5, 5.41) is 10.2. The van der Waals surface area contributed by atoms with E-state index in [1.54, 1.807) is 0 Å². The summed E-state index contributed by atoms with van der Waals surface area (Å²) >= 11 is 0. The van der Waals surface area contributed by atoms with Gasteiger partial charge in [-0.1, -0.05) is 44.2 Å². The average molecular weight is 538 g/mol. The summed E-state index contributed by atoms with van der Waals surface area (Å²) in [6.45, 7) is 6.80. The highest BCUT2D eigenvalue weighted by molar-refractivity contribution is 5.89. The molecular weight excluding hydrogens is 507 g/mol. The Kier molecular flexibility index (Phi) is 8.53. The minimum Gasteiger partial charge on any atom is -0.406 e. The lowest BCUT2D eigenvalue weighted by Gasteiger charge is -2.12. The van der Waals surface area contributed by atoms with Gasteiger partial charge in [-0.15, -0.1) is 18.3 Å². The SMILES string of the molecule is Cc1cc(NC(=O)NCCCc2ccc(-c3ncn(-c4ccc(OC(F)(F)F)cc4)n3)cc2)cc(C(C)C)c1. The Labute approximate surface area is 225 Å². The van der Waals surface area contributed by atoms with Crippen molar-refractivity contribution >= 4 is 11.7 Å². The number of ether oxygens (including phenoxy) is 1. The van der Waals surface area contributed by atoms with Crippen LogP contribution in [-0.2, 0) is 6.42 Å². The normalized spacial score (nSPS) is 11.5. The molecule has 3 aromatic carbocycles. The third-order valence-electron chi connectivity index (χ3n) is 5.99. The maximum atomic E-state index is 12.4. The first-order chi connectivity index (χ1) is 18.6. The van der Waals surface area contributed by atoms with E-state index in [0.717, 1.165) is 35.2 Å². The number of aryl methyl sites for hydroxylation is 2. The standard InChI is InChI=1S/C29H30F3N5O2/c1-19(2)23-15-20(3)16-24(17-23)35-28(38)33-14-4-5-21-6-8-22(9-7-21)27-34-18-37(36-27)25-10-12-26(13-11-25)39-29(30,31)32/h6-13,15-19H,4-5,14H2,1-3H3,(H2,33,35,38). The Balaban J connectivity index is 1.25. The van der Waals surface area contributed by atoms with E-state index in [1.165, 1.54) is 40.8 Å². The third-order valence-corrected chi connectivity index (χ3v) is 5.99. The molecule has 0 unspecified atom stereocenters. The van der Waals surface area contributed by atoms with Crippen LogP contribution in [0.3, 0.4) is 0 Å². The second-order valence-electron chi connectivity index (χ2n) is 9.52. The molecule has 4 rings (SSSR count). The molecule has 0 fully saturated rings. The number of hydrogen-bond donors (Lipinski definition) is 2. The Morgan fingerprint density at radius 1 is 1.03 bits per heavy atom. The molecule has 0 saturated carbocycles. The number of anilines is 1. The molecule has 0 atom stereocenters. The van der Waals surface area contributed by atoms with Gasteiger partial charge in [0.2, 0.25) is 0 Å². The molecule has 1 aromatic heterocycles. The van der Waals surface area contributed by atoms with Crippen LogP contribution in [0.2, 0.25) is 0 Å². The minimum absolute atomic E-state index is 0.227. The fourth-order valence-corrected chi connectivity index (χ4v) is 4.03. The predicted octanol–water partition coefficient (Wildman–Crippen LogP) is 7.02. The number of aromatic nitrogens is 3. The molecule has 39 heavy (non-hydrogen) atoms. The summed E-state index contributed by atoms with van der Waals surface area (Å²) in [6.07, 6.45) is -1.67. The Morgan fingerprint density at radius 2 is 1.74 bits per heavy atom. The van der Waals surface area contributed by atoms with Crippen molar-refractivity contribution in [2.75, 3.05) is 11.9 Å². The van der Waals surface area contributed by atoms with Crippen LogP contribution in [0.15, 0.2) is 73.1 Å². The molecule has 2 amide bonds. The van der Waals surface area contributed by atoms with Gasteiger partial charge in [-0.2, -0.15) is 0 Å². The van der Waals surface area contributed by atoms with Crippen LogP contribution in [0.25, 0.3) is 17.1 Å². The number of carbonyl (C=O) groups is 1. The molecule has 7 nitrogen and oxygen atoms in total. The van der Waals surface area contributed by atoms with Gasteiger partial charge < -0.3 is 15.4 Å². The molecule has 2 N–H and O–H groups in total. The lowest BCUT2D eigenvalue weighted by molar-refractivity contribution is -0.274. The van der Waals surface area contributed by atoms with Crippen molar-refractivity contribution < 1.29 is 22.7 Å². The zero-order valence-electron chi connectivity index (χ0n) is 21.9. The number of benzene rings is 3. The molecule has 0 spiro atoms. The van der Waals surface area contributed by atoms with Gasteiger partial charge in [0.1, 0.15) is 12.1 Å². The van der Waals surface area contributed by atoms with Crippen molar-refractivity contribution in [3.63, 3.8) is 0 Å². The molecule has 0 radical (unpaired) electrons. The maximum Gasteiger partial charge on any atom is 0.573 e. The topological polar surface area (TPSA) is 81.1 Å². The van der Waals surface area contributed by atoms with Gasteiger partial charge in [-0.05, 0) is 78.8 Å². The second kappa shape index (κ2) is 12.0. The van der Waals surface area contributed by atoms with Gasteiger partial charge in [0.15, 0.2) is 5.82 Å². The highest BCUT2D eigenvalue weighted by atomic mass is 19.4. The summed E-state index contributed by atoms with van der Waals surface area (Å²) in [5.74, 6) is 0.575. The summed E-state index contributed by atoms with van der Waals surface area (Å²) in [4.78, 5) is 16.6. The van der Waals surface area contributed by atoms with Crippen molar-refractivity contribution in [2.45, 2.75) is 45.9 Å². The van der Waals surface area contributed by atoms with Crippen LogP contribution in [0.5, 0.6) is 5.75 Å². The van der Waals surface area contributed by atoms with Crippen molar-refractivity contribution in [2.24, 2.45) is 0 Å². The van der Waals surface area contributed by atoms with E-state index < -0.39 is 6.36 Å². The number of hydrogen-bond acceptors (Lipinski definition) is 4. The second-order valence-corrected chi connectivity index (χ2v) is 9.52. The van der Waals surface area contributed by atoms with E-state index in [1.807, 2.05) is 43.3 Å². The number of carbonyl (C=O) groups excluding carboxylic acids is 1. The van der Waals surface area contributed by atoms with Gasteiger partial charge in [-0.3, -0.25) is 0 Å². The quantitative estimate of drug-likeness (QED) is 0.225. The van der Waals surface area contributed by atoms with Crippen LogP contribution < -0.4 is 15.4 Å². The first-order valence-electron chi connectivity index (χ1n) is 12.6. The number of rotatable bonds is 9. The largest absolute Gasteiger partial charge is 0.573 e. The maximum absolute atomic E-state index is 12.4. The molecule has 0 saturated heterocycles. The summed E-state index contributed by atoms with van der Waals surface area (Å²) in [5.41, 5.74) is 5.56. The van der Waals surface area contributed by atoms with Crippen LogP contribution in [0, 0.1) is 6.92 Å². The monoisotopic (exact) mass is 537 g/mol. The van der Waals surface area contributed by atoms with Crippen LogP contribution in [-0.4, -0.2) is 33.7 Å². The van der Waals surface area contributed by atoms with Crippen LogP contribution in [0.1, 0.15) is 42.9 Å².